The Hall–Kier alpha value is -0.730. The van der Waals surface area contributed by atoms with Crippen molar-refractivity contribution in [1.82, 2.24) is 4.90 Å². The molecule has 0 aromatic heterocycles. The average Bonchev–Trinajstić information content (AvgIpc) is 2.89. The molecule has 0 aromatic carbocycles. The summed E-state index contributed by atoms with van der Waals surface area (Å²) in [6.45, 7) is 3.28. The van der Waals surface area contributed by atoms with Crippen LogP contribution in [0.3, 0.4) is 0 Å². The highest BCUT2D eigenvalue weighted by atomic mass is 15.4. The number of rotatable bonds is 2. The first-order chi connectivity index (χ1) is 7.28. The fourth-order valence-electron chi connectivity index (χ4n) is 3.72. The van der Waals surface area contributed by atoms with E-state index < -0.39 is 0 Å². The Morgan fingerprint density at radius 3 is 2.93 bits per heavy atom. The molecule has 0 saturated heterocycles. The van der Waals surface area contributed by atoms with E-state index in [1.165, 1.54) is 38.5 Å². The van der Waals surface area contributed by atoms with E-state index in [0.717, 1.165) is 24.5 Å². The number of nitrogens with two attached hydrogens (primary N) is 1. The number of guanidine groups is 1. The van der Waals surface area contributed by atoms with Gasteiger partial charge >= 0.3 is 0 Å². The highest BCUT2D eigenvalue weighted by molar-refractivity contribution is 5.82. The van der Waals surface area contributed by atoms with Crippen LogP contribution in [0.5, 0.6) is 0 Å². The van der Waals surface area contributed by atoms with E-state index in [4.69, 9.17) is 5.73 Å². The predicted molar refractivity (Wildman–Crippen MR) is 61.7 cm³/mol. The van der Waals surface area contributed by atoms with E-state index in [1.54, 1.807) is 0 Å². The third-order valence-corrected chi connectivity index (χ3v) is 4.57. The topological polar surface area (TPSA) is 41.6 Å². The first kappa shape index (κ1) is 9.49. The largest absolute Gasteiger partial charge is 0.370 e. The molecule has 1 aliphatic heterocycles. The van der Waals surface area contributed by atoms with Crippen LogP contribution in [0.15, 0.2) is 4.99 Å². The lowest BCUT2D eigenvalue weighted by molar-refractivity contribution is 0.136. The lowest BCUT2D eigenvalue weighted by atomic mass is 9.84. The molecule has 2 unspecified atom stereocenters. The highest BCUT2D eigenvalue weighted by Crippen LogP contribution is 2.48. The lowest BCUT2D eigenvalue weighted by Crippen LogP contribution is -2.54. The minimum Gasteiger partial charge on any atom is -0.370 e. The molecule has 2 fully saturated rings. The van der Waals surface area contributed by atoms with Crippen LogP contribution in [-0.2, 0) is 0 Å². The minimum absolute atomic E-state index is 0.333. The van der Waals surface area contributed by atoms with Crippen molar-refractivity contribution in [2.75, 3.05) is 6.54 Å². The van der Waals surface area contributed by atoms with Gasteiger partial charge in [-0.1, -0.05) is 19.8 Å². The smallest absolute Gasteiger partial charge is 0.192 e. The van der Waals surface area contributed by atoms with Gasteiger partial charge in [-0.25, -0.2) is 0 Å². The zero-order valence-electron chi connectivity index (χ0n) is 9.58. The van der Waals surface area contributed by atoms with Gasteiger partial charge in [-0.2, -0.15) is 0 Å². The van der Waals surface area contributed by atoms with E-state index in [9.17, 15) is 0 Å². The second-order valence-corrected chi connectivity index (χ2v) is 5.38. The van der Waals surface area contributed by atoms with Gasteiger partial charge < -0.3 is 10.6 Å². The molecule has 1 spiro atoms. The normalized spacial score (nSPS) is 40.2. The molecule has 84 valence electrons. The highest BCUT2D eigenvalue weighted by Gasteiger charge is 2.54. The van der Waals surface area contributed by atoms with Crippen molar-refractivity contribution in [2.24, 2.45) is 16.6 Å². The van der Waals surface area contributed by atoms with Crippen LogP contribution in [0.4, 0.5) is 0 Å². The van der Waals surface area contributed by atoms with Crippen LogP contribution in [0.1, 0.15) is 45.4 Å². The van der Waals surface area contributed by atoms with Gasteiger partial charge in [-0.15, -0.1) is 0 Å². The number of hydrogen-bond acceptors (Lipinski definition) is 3. The maximum absolute atomic E-state index is 6.07. The molecule has 2 atom stereocenters. The van der Waals surface area contributed by atoms with Gasteiger partial charge in [0.2, 0.25) is 0 Å². The fraction of sp³-hybridized carbons (Fsp3) is 0.917. The van der Waals surface area contributed by atoms with Crippen molar-refractivity contribution in [1.29, 1.82) is 0 Å². The van der Waals surface area contributed by atoms with Gasteiger partial charge in [0.05, 0.1) is 12.1 Å². The molecule has 1 heterocycles. The van der Waals surface area contributed by atoms with Crippen LogP contribution in [-0.4, -0.2) is 29.0 Å². The standard InChI is InChI=1S/C12H21N3/c1-2-9-4-3-7-12(9)8-14-11(13)15(12)10-5-6-10/h9-10H,2-8H2,1H3,(H2,13,14). The molecule has 3 heteroatoms. The summed E-state index contributed by atoms with van der Waals surface area (Å²) >= 11 is 0. The summed E-state index contributed by atoms with van der Waals surface area (Å²) in [7, 11) is 0. The van der Waals surface area contributed by atoms with Crippen LogP contribution >= 0.6 is 0 Å². The Labute approximate surface area is 91.7 Å². The summed E-state index contributed by atoms with van der Waals surface area (Å²) < 4.78 is 0. The summed E-state index contributed by atoms with van der Waals surface area (Å²) in [5.41, 5.74) is 6.40. The molecule has 0 radical (unpaired) electrons. The van der Waals surface area contributed by atoms with Crippen LogP contribution in [0, 0.1) is 5.92 Å². The summed E-state index contributed by atoms with van der Waals surface area (Å²) in [5, 5.41) is 0. The molecule has 2 aliphatic carbocycles. The van der Waals surface area contributed by atoms with E-state index in [-0.39, 0.29) is 0 Å². The zero-order chi connectivity index (χ0) is 10.5. The van der Waals surface area contributed by atoms with Gasteiger partial charge in [0.15, 0.2) is 5.96 Å². The SMILES string of the molecule is CCC1CCCC12CN=C(N)N2C1CC1. The summed E-state index contributed by atoms with van der Waals surface area (Å²) in [4.78, 5) is 7.03. The fourth-order valence-corrected chi connectivity index (χ4v) is 3.72. The van der Waals surface area contributed by atoms with E-state index in [0.29, 0.717) is 5.54 Å². The third kappa shape index (κ3) is 1.21. The van der Waals surface area contributed by atoms with E-state index >= 15 is 0 Å². The second-order valence-electron chi connectivity index (χ2n) is 5.38. The molecule has 15 heavy (non-hydrogen) atoms. The Bertz CT molecular complexity index is 295. The van der Waals surface area contributed by atoms with Crippen LogP contribution in [0.25, 0.3) is 0 Å². The van der Waals surface area contributed by atoms with Crippen molar-refractivity contribution >= 4 is 5.96 Å². The quantitative estimate of drug-likeness (QED) is 0.749. The molecular formula is C12H21N3. The lowest BCUT2D eigenvalue weighted by Gasteiger charge is -2.41. The maximum Gasteiger partial charge on any atom is 0.192 e. The van der Waals surface area contributed by atoms with Crippen LogP contribution in [0.2, 0.25) is 0 Å². The Morgan fingerprint density at radius 1 is 1.47 bits per heavy atom. The number of aliphatic imine (C=N–C) groups is 1. The maximum atomic E-state index is 6.07. The first-order valence-electron chi connectivity index (χ1n) is 6.37. The molecule has 2 N–H and O–H groups in total. The van der Waals surface area contributed by atoms with Gasteiger partial charge in [-0.05, 0) is 31.6 Å². The summed E-state index contributed by atoms with van der Waals surface area (Å²) in [6, 6.07) is 0.725. The third-order valence-electron chi connectivity index (χ3n) is 4.57. The van der Waals surface area contributed by atoms with E-state index in [2.05, 4.69) is 16.8 Å². The zero-order valence-corrected chi connectivity index (χ0v) is 9.58. The summed E-state index contributed by atoms with van der Waals surface area (Å²) in [6.07, 6.45) is 7.99. The number of nitrogens with zero attached hydrogens (tertiary/aromatic N) is 2. The molecule has 0 aromatic rings. The number of hydrogen-bond donors (Lipinski definition) is 1. The summed E-state index contributed by atoms with van der Waals surface area (Å²) in [5.74, 6) is 1.65. The van der Waals surface area contributed by atoms with Gasteiger partial charge in [0, 0.05) is 6.04 Å². The van der Waals surface area contributed by atoms with Crippen LogP contribution < -0.4 is 5.73 Å². The average molecular weight is 207 g/mol. The Morgan fingerprint density at radius 2 is 2.27 bits per heavy atom. The van der Waals surface area contributed by atoms with Gasteiger partial charge in [0.1, 0.15) is 0 Å². The van der Waals surface area contributed by atoms with Crippen molar-refractivity contribution < 1.29 is 0 Å². The minimum atomic E-state index is 0.333. The van der Waals surface area contributed by atoms with Crippen molar-refractivity contribution in [3.63, 3.8) is 0 Å². The molecule has 0 amide bonds. The molecular weight excluding hydrogens is 186 g/mol. The van der Waals surface area contributed by atoms with Crippen molar-refractivity contribution in [3.8, 4) is 0 Å². The predicted octanol–water partition coefficient (Wildman–Crippen LogP) is 1.73. The first-order valence-corrected chi connectivity index (χ1v) is 6.37. The Kier molecular flexibility index (Phi) is 1.98. The molecule has 2 saturated carbocycles. The Balaban J connectivity index is 1.90. The molecule has 3 rings (SSSR count). The van der Waals surface area contributed by atoms with Crippen molar-refractivity contribution in [3.05, 3.63) is 0 Å². The molecule has 0 bridgehead atoms. The molecule has 3 nitrogen and oxygen atoms in total. The van der Waals surface area contributed by atoms with Gasteiger partial charge in [0.25, 0.3) is 0 Å². The van der Waals surface area contributed by atoms with Gasteiger partial charge in [-0.3, -0.25) is 4.99 Å². The second kappa shape index (κ2) is 3.13. The molecule has 3 aliphatic rings. The van der Waals surface area contributed by atoms with E-state index in [1.807, 2.05) is 0 Å². The monoisotopic (exact) mass is 207 g/mol. The van der Waals surface area contributed by atoms with Crippen molar-refractivity contribution in [2.45, 2.75) is 57.0 Å².